The Balaban J connectivity index is 4.76. The molecule has 0 aliphatic rings. The lowest BCUT2D eigenvalue weighted by Crippen LogP contribution is -2.43. The van der Waals surface area contributed by atoms with Crippen molar-refractivity contribution in [2.75, 3.05) is 4.43 Å². The molecule has 2 atom stereocenters. The third kappa shape index (κ3) is 7.85. The van der Waals surface area contributed by atoms with Crippen molar-refractivity contribution in [2.45, 2.75) is 71.7 Å². The van der Waals surface area contributed by atoms with Crippen LogP contribution in [-0.2, 0) is 4.43 Å². The first-order valence-electron chi connectivity index (χ1n) is 7.47. The van der Waals surface area contributed by atoms with Gasteiger partial charge >= 0.3 is 0 Å². The van der Waals surface area contributed by atoms with Crippen LogP contribution in [0.2, 0.25) is 18.1 Å². The topological polar surface area (TPSA) is 9.23 Å². The largest absolute Gasteiger partial charge is 0.413 e. The van der Waals surface area contributed by atoms with Crippen molar-refractivity contribution in [1.82, 2.24) is 0 Å². The van der Waals surface area contributed by atoms with E-state index in [2.05, 4.69) is 94.3 Å². The van der Waals surface area contributed by atoms with E-state index in [4.69, 9.17) is 4.43 Å². The van der Waals surface area contributed by atoms with Gasteiger partial charge in [0, 0.05) is 16.8 Å². The second-order valence-electron chi connectivity index (χ2n) is 6.89. The van der Waals surface area contributed by atoms with Crippen LogP contribution in [0.1, 0.15) is 47.5 Å². The Labute approximate surface area is 141 Å². The molecule has 0 heterocycles. The highest BCUT2D eigenvalue weighted by Gasteiger charge is 2.38. The summed E-state index contributed by atoms with van der Waals surface area (Å²) in [5.74, 6) is 7.12. The van der Waals surface area contributed by atoms with Crippen molar-refractivity contribution in [3.8, 4) is 11.8 Å². The zero-order valence-electron chi connectivity index (χ0n) is 14.2. The van der Waals surface area contributed by atoms with Gasteiger partial charge < -0.3 is 4.43 Å². The highest BCUT2D eigenvalue weighted by Crippen LogP contribution is 2.37. The van der Waals surface area contributed by atoms with E-state index in [1.54, 1.807) is 0 Å². The van der Waals surface area contributed by atoms with E-state index in [1.807, 2.05) is 0 Å². The zero-order valence-corrected chi connectivity index (χ0v) is 17.4. The third-order valence-electron chi connectivity index (χ3n) is 3.81. The lowest BCUT2D eigenvalue weighted by Gasteiger charge is -2.38. The van der Waals surface area contributed by atoms with Gasteiger partial charge in [0.15, 0.2) is 8.32 Å². The maximum Gasteiger partial charge on any atom is 0.192 e. The van der Waals surface area contributed by atoms with Gasteiger partial charge in [-0.05, 0) is 31.5 Å². The molecular weight excluding hydrogens is 375 g/mol. The average molecular weight is 406 g/mol. The van der Waals surface area contributed by atoms with Crippen molar-refractivity contribution < 1.29 is 4.43 Å². The number of hydrogen-bond donors (Lipinski definition) is 0. The predicted molar refractivity (Wildman–Crippen MR) is 102 cm³/mol. The highest BCUT2D eigenvalue weighted by molar-refractivity contribution is 14.1. The highest BCUT2D eigenvalue weighted by atomic mass is 127. The molecule has 0 rings (SSSR count). The summed E-state index contributed by atoms with van der Waals surface area (Å²) < 4.78 is 7.59. The Kier molecular flexibility index (Phi) is 9.37. The van der Waals surface area contributed by atoms with E-state index in [0.717, 1.165) is 17.3 Å². The maximum absolute atomic E-state index is 6.50. The Morgan fingerprint density at radius 2 is 1.90 bits per heavy atom. The van der Waals surface area contributed by atoms with Crippen molar-refractivity contribution in [3.63, 3.8) is 0 Å². The molecule has 116 valence electrons. The SMILES string of the molecule is C/C=C/C[C@@H](CC#C[C@H](C)CI)O[Si](C)(C)C(C)(C)C. The normalized spacial score (nSPS) is 15.8. The van der Waals surface area contributed by atoms with Crippen molar-refractivity contribution in [2.24, 2.45) is 5.92 Å². The van der Waals surface area contributed by atoms with Crippen molar-refractivity contribution >= 4 is 30.9 Å². The second kappa shape index (κ2) is 9.27. The predicted octanol–water partition coefficient (Wildman–Crippen LogP) is 5.81. The fourth-order valence-electron chi connectivity index (χ4n) is 1.44. The fourth-order valence-corrected chi connectivity index (χ4v) is 3.03. The molecule has 0 unspecified atom stereocenters. The molecule has 0 saturated carbocycles. The summed E-state index contributed by atoms with van der Waals surface area (Å²) >= 11 is 2.39. The standard InChI is InChI=1S/C17H31IOSi/c1-8-9-12-16(13-10-11-15(2)14-18)19-20(6,7)17(3,4)5/h8-9,15-16H,12-14H2,1-7H3/b9-8+/t15-,16-/m0/s1. The van der Waals surface area contributed by atoms with Crippen LogP contribution in [0, 0.1) is 17.8 Å². The monoisotopic (exact) mass is 406 g/mol. The summed E-state index contributed by atoms with van der Waals surface area (Å²) in [5.41, 5.74) is 0. The Morgan fingerprint density at radius 3 is 2.35 bits per heavy atom. The Hall–Kier alpha value is 0.207. The minimum atomic E-state index is -1.71. The molecule has 3 heteroatoms. The molecular formula is C17H31IOSi. The summed E-state index contributed by atoms with van der Waals surface area (Å²) in [6.07, 6.45) is 6.35. The van der Waals surface area contributed by atoms with Gasteiger partial charge in [-0.2, -0.15) is 0 Å². The van der Waals surface area contributed by atoms with Crippen LogP contribution in [0.15, 0.2) is 12.2 Å². The van der Waals surface area contributed by atoms with Crippen LogP contribution in [0.25, 0.3) is 0 Å². The van der Waals surface area contributed by atoms with Crippen LogP contribution < -0.4 is 0 Å². The van der Waals surface area contributed by atoms with Gasteiger partial charge in [-0.1, -0.05) is 68.4 Å². The number of rotatable bonds is 6. The molecule has 0 N–H and O–H groups in total. The molecule has 0 spiro atoms. The molecule has 0 amide bonds. The van der Waals surface area contributed by atoms with E-state index in [1.165, 1.54) is 0 Å². The van der Waals surface area contributed by atoms with E-state index < -0.39 is 8.32 Å². The Bertz CT molecular complexity index is 357. The van der Waals surface area contributed by atoms with Crippen LogP contribution in [-0.4, -0.2) is 18.8 Å². The minimum absolute atomic E-state index is 0.237. The number of hydrogen-bond acceptors (Lipinski definition) is 1. The average Bonchev–Trinajstić information content (AvgIpc) is 2.33. The lowest BCUT2D eigenvalue weighted by atomic mass is 10.1. The molecule has 1 nitrogen and oxygen atoms in total. The van der Waals surface area contributed by atoms with Gasteiger partial charge in [0.05, 0.1) is 6.10 Å². The molecule has 20 heavy (non-hydrogen) atoms. The van der Waals surface area contributed by atoms with Gasteiger partial charge in [0.25, 0.3) is 0 Å². The summed E-state index contributed by atoms with van der Waals surface area (Å²) in [5, 5.41) is 0.254. The minimum Gasteiger partial charge on any atom is -0.413 e. The van der Waals surface area contributed by atoms with Gasteiger partial charge in [-0.15, -0.1) is 5.92 Å². The maximum atomic E-state index is 6.50. The third-order valence-corrected chi connectivity index (χ3v) is 9.67. The molecule has 0 aromatic heterocycles. The molecule has 0 radical (unpaired) electrons. The van der Waals surface area contributed by atoms with Gasteiger partial charge in [0.2, 0.25) is 0 Å². The van der Waals surface area contributed by atoms with E-state index >= 15 is 0 Å². The van der Waals surface area contributed by atoms with Crippen LogP contribution in [0.3, 0.4) is 0 Å². The van der Waals surface area contributed by atoms with Crippen LogP contribution in [0.5, 0.6) is 0 Å². The van der Waals surface area contributed by atoms with Gasteiger partial charge in [0.1, 0.15) is 0 Å². The van der Waals surface area contributed by atoms with Gasteiger partial charge in [-0.25, -0.2) is 0 Å². The van der Waals surface area contributed by atoms with Crippen molar-refractivity contribution in [3.05, 3.63) is 12.2 Å². The second-order valence-corrected chi connectivity index (χ2v) is 12.5. The number of halogens is 1. The molecule has 0 aliphatic heterocycles. The molecule has 0 bridgehead atoms. The molecule has 0 saturated heterocycles. The van der Waals surface area contributed by atoms with E-state index in [0.29, 0.717) is 5.92 Å². The quantitative estimate of drug-likeness (QED) is 0.178. The molecule has 0 aliphatic carbocycles. The smallest absolute Gasteiger partial charge is 0.192 e. The molecule has 0 fully saturated rings. The van der Waals surface area contributed by atoms with Crippen LogP contribution >= 0.6 is 22.6 Å². The Morgan fingerprint density at radius 1 is 1.30 bits per heavy atom. The van der Waals surface area contributed by atoms with Crippen LogP contribution in [0.4, 0.5) is 0 Å². The van der Waals surface area contributed by atoms with E-state index in [-0.39, 0.29) is 11.1 Å². The molecule has 0 aromatic carbocycles. The molecule has 0 aromatic rings. The van der Waals surface area contributed by atoms with Crippen molar-refractivity contribution in [1.29, 1.82) is 0 Å². The van der Waals surface area contributed by atoms with Gasteiger partial charge in [-0.3, -0.25) is 0 Å². The lowest BCUT2D eigenvalue weighted by molar-refractivity contribution is 0.188. The summed E-state index contributed by atoms with van der Waals surface area (Å²) in [6.45, 7) is 15.7. The number of allylic oxidation sites excluding steroid dienone is 1. The first-order valence-corrected chi connectivity index (χ1v) is 11.9. The first kappa shape index (κ1) is 20.2. The fraction of sp³-hybridized carbons (Fsp3) is 0.765. The van der Waals surface area contributed by atoms with E-state index in [9.17, 15) is 0 Å². The summed E-state index contributed by atoms with van der Waals surface area (Å²) in [4.78, 5) is 0. The number of alkyl halides is 1. The zero-order chi connectivity index (χ0) is 15.8. The summed E-state index contributed by atoms with van der Waals surface area (Å²) in [7, 11) is -1.71. The first-order chi connectivity index (χ1) is 9.14. The summed E-state index contributed by atoms with van der Waals surface area (Å²) in [6, 6.07) is 0.